The summed E-state index contributed by atoms with van der Waals surface area (Å²) in [6, 6.07) is 18.2. The summed E-state index contributed by atoms with van der Waals surface area (Å²) in [5, 5.41) is 4.62. The molecule has 0 saturated carbocycles. The van der Waals surface area contributed by atoms with Crippen molar-refractivity contribution in [3.8, 4) is 5.75 Å². The monoisotopic (exact) mass is 368 g/mol. The molecule has 26 heavy (non-hydrogen) atoms. The molecule has 0 unspecified atom stereocenters. The number of hydrogen-bond acceptors (Lipinski definition) is 4. The van der Waals surface area contributed by atoms with Crippen molar-refractivity contribution < 1.29 is 13.9 Å². The first-order chi connectivity index (χ1) is 12.6. The van der Waals surface area contributed by atoms with E-state index in [1.165, 1.54) is 6.21 Å². The van der Waals surface area contributed by atoms with E-state index in [1.54, 1.807) is 19.1 Å². The van der Waals surface area contributed by atoms with Gasteiger partial charge in [0.15, 0.2) is 5.76 Å². The molecule has 1 aromatic heterocycles. The Morgan fingerprint density at radius 2 is 1.92 bits per heavy atom. The standard InChI is InChI=1S/C20H17ClN2O3/c1-14-10-11-19(26-14)20(24)23-22-12-15-6-3-5-9-18(15)25-13-16-7-2-4-8-17(16)21/h2-12H,13H2,1H3,(H,23,24). The van der Waals surface area contributed by atoms with Gasteiger partial charge in [-0.3, -0.25) is 4.79 Å². The van der Waals surface area contributed by atoms with Crippen molar-refractivity contribution in [3.63, 3.8) is 0 Å². The number of aryl methyl sites for hydroxylation is 1. The third-order valence-corrected chi connectivity index (χ3v) is 3.96. The number of nitrogens with zero attached hydrogens (tertiary/aromatic N) is 1. The normalized spacial score (nSPS) is 10.8. The number of hydrogen-bond donors (Lipinski definition) is 1. The highest BCUT2D eigenvalue weighted by Crippen LogP contribution is 2.20. The molecule has 132 valence electrons. The number of para-hydroxylation sites is 1. The number of ether oxygens (including phenoxy) is 1. The van der Waals surface area contributed by atoms with Crippen molar-refractivity contribution >= 4 is 23.7 Å². The summed E-state index contributed by atoms with van der Waals surface area (Å²) in [6.07, 6.45) is 1.52. The molecule has 3 rings (SSSR count). The predicted molar refractivity (Wildman–Crippen MR) is 101 cm³/mol. The number of furan rings is 1. The van der Waals surface area contributed by atoms with Crippen molar-refractivity contribution in [1.82, 2.24) is 5.43 Å². The SMILES string of the molecule is Cc1ccc(C(=O)NN=Cc2ccccc2OCc2ccccc2Cl)o1. The second-order valence-corrected chi connectivity index (χ2v) is 5.93. The molecule has 0 aliphatic rings. The summed E-state index contributed by atoms with van der Waals surface area (Å²) in [4.78, 5) is 11.9. The first-order valence-electron chi connectivity index (χ1n) is 7.98. The molecule has 0 radical (unpaired) electrons. The Hall–Kier alpha value is -3.05. The fraction of sp³-hybridized carbons (Fsp3) is 0.100. The molecule has 3 aromatic rings. The molecule has 6 heteroatoms. The predicted octanol–water partition coefficient (Wildman–Crippen LogP) is 4.58. The van der Waals surface area contributed by atoms with Gasteiger partial charge in [0.05, 0.1) is 6.21 Å². The molecule has 0 spiro atoms. The van der Waals surface area contributed by atoms with E-state index in [0.717, 1.165) is 11.1 Å². The van der Waals surface area contributed by atoms with Crippen LogP contribution >= 0.6 is 11.6 Å². The van der Waals surface area contributed by atoms with E-state index in [1.807, 2.05) is 48.5 Å². The lowest BCUT2D eigenvalue weighted by atomic mass is 10.2. The van der Waals surface area contributed by atoms with Crippen LogP contribution in [0.1, 0.15) is 27.4 Å². The summed E-state index contributed by atoms with van der Waals surface area (Å²) >= 11 is 6.15. The molecule has 2 aromatic carbocycles. The molecule has 0 saturated heterocycles. The highest BCUT2D eigenvalue weighted by Gasteiger charge is 2.08. The molecule has 0 aliphatic carbocycles. The number of carbonyl (C=O) groups excluding carboxylic acids is 1. The van der Waals surface area contributed by atoms with Crippen LogP contribution in [0.25, 0.3) is 0 Å². The molecule has 1 amide bonds. The number of amides is 1. The Bertz CT molecular complexity index is 934. The van der Waals surface area contributed by atoms with Crippen LogP contribution in [0.2, 0.25) is 5.02 Å². The third kappa shape index (κ3) is 4.52. The van der Waals surface area contributed by atoms with Crippen LogP contribution in [-0.4, -0.2) is 12.1 Å². The van der Waals surface area contributed by atoms with Crippen LogP contribution in [0, 0.1) is 6.92 Å². The quantitative estimate of drug-likeness (QED) is 0.511. The second-order valence-electron chi connectivity index (χ2n) is 5.53. The first kappa shape index (κ1) is 17.8. The van der Waals surface area contributed by atoms with E-state index < -0.39 is 5.91 Å². The van der Waals surface area contributed by atoms with Crippen molar-refractivity contribution in [1.29, 1.82) is 0 Å². The van der Waals surface area contributed by atoms with Gasteiger partial charge in [-0.25, -0.2) is 5.43 Å². The maximum atomic E-state index is 11.9. The Morgan fingerprint density at radius 1 is 1.15 bits per heavy atom. The number of rotatable bonds is 6. The van der Waals surface area contributed by atoms with Gasteiger partial charge < -0.3 is 9.15 Å². The van der Waals surface area contributed by atoms with Crippen LogP contribution < -0.4 is 10.2 Å². The molecule has 0 aliphatic heterocycles. The molecule has 1 N–H and O–H groups in total. The maximum Gasteiger partial charge on any atom is 0.307 e. The Kier molecular flexibility index (Phi) is 5.71. The number of hydrazone groups is 1. The molecular weight excluding hydrogens is 352 g/mol. The lowest BCUT2D eigenvalue weighted by molar-refractivity contribution is 0.0926. The fourth-order valence-electron chi connectivity index (χ4n) is 2.26. The van der Waals surface area contributed by atoms with E-state index in [9.17, 15) is 4.79 Å². The van der Waals surface area contributed by atoms with Gasteiger partial charge in [-0.15, -0.1) is 0 Å². The van der Waals surface area contributed by atoms with Crippen LogP contribution in [0.4, 0.5) is 0 Å². The minimum atomic E-state index is -0.413. The summed E-state index contributed by atoms with van der Waals surface area (Å²) in [5.74, 6) is 1.10. The van der Waals surface area contributed by atoms with Crippen molar-refractivity contribution in [2.24, 2.45) is 5.10 Å². The maximum absolute atomic E-state index is 11.9. The molecule has 5 nitrogen and oxygen atoms in total. The van der Waals surface area contributed by atoms with Gasteiger partial charge in [0.1, 0.15) is 18.1 Å². The van der Waals surface area contributed by atoms with Gasteiger partial charge in [0, 0.05) is 16.1 Å². The van der Waals surface area contributed by atoms with Crippen LogP contribution in [-0.2, 0) is 6.61 Å². The van der Waals surface area contributed by atoms with Gasteiger partial charge in [-0.2, -0.15) is 5.10 Å². The summed E-state index contributed by atoms with van der Waals surface area (Å²) < 4.78 is 11.1. The Morgan fingerprint density at radius 3 is 2.69 bits per heavy atom. The zero-order valence-electron chi connectivity index (χ0n) is 14.1. The third-order valence-electron chi connectivity index (χ3n) is 3.59. The summed E-state index contributed by atoms with van der Waals surface area (Å²) in [6.45, 7) is 2.11. The minimum Gasteiger partial charge on any atom is -0.488 e. The smallest absolute Gasteiger partial charge is 0.307 e. The van der Waals surface area contributed by atoms with E-state index in [-0.39, 0.29) is 5.76 Å². The van der Waals surface area contributed by atoms with Gasteiger partial charge >= 0.3 is 5.91 Å². The van der Waals surface area contributed by atoms with Gasteiger partial charge in [0.25, 0.3) is 0 Å². The summed E-state index contributed by atoms with van der Waals surface area (Å²) in [5.41, 5.74) is 4.05. The highest BCUT2D eigenvalue weighted by molar-refractivity contribution is 6.31. The fourth-order valence-corrected chi connectivity index (χ4v) is 2.45. The zero-order chi connectivity index (χ0) is 18.4. The molecule has 0 bridgehead atoms. The molecular formula is C20H17ClN2O3. The zero-order valence-corrected chi connectivity index (χ0v) is 14.9. The Balaban J connectivity index is 1.65. The number of halogens is 1. The molecule has 0 fully saturated rings. The lowest BCUT2D eigenvalue weighted by Gasteiger charge is -2.10. The number of benzene rings is 2. The topological polar surface area (TPSA) is 63.8 Å². The van der Waals surface area contributed by atoms with Crippen molar-refractivity contribution in [3.05, 3.63) is 88.3 Å². The molecule has 1 heterocycles. The summed E-state index contributed by atoms with van der Waals surface area (Å²) in [7, 11) is 0. The highest BCUT2D eigenvalue weighted by atomic mass is 35.5. The number of nitrogens with one attached hydrogen (secondary N) is 1. The van der Waals surface area contributed by atoms with Crippen molar-refractivity contribution in [2.45, 2.75) is 13.5 Å². The van der Waals surface area contributed by atoms with Gasteiger partial charge in [-0.05, 0) is 37.3 Å². The Labute approximate surface area is 156 Å². The lowest BCUT2D eigenvalue weighted by Crippen LogP contribution is -2.16. The average molecular weight is 369 g/mol. The van der Waals surface area contributed by atoms with Gasteiger partial charge in [0.2, 0.25) is 0 Å². The average Bonchev–Trinajstić information content (AvgIpc) is 3.08. The van der Waals surface area contributed by atoms with E-state index >= 15 is 0 Å². The largest absolute Gasteiger partial charge is 0.488 e. The second kappa shape index (κ2) is 8.36. The van der Waals surface area contributed by atoms with E-state index in [2.05, 4.69) is 10.5 Å². The van der Waals surface area contributed by atoms with E-state index in [0.29, 0.717) is 23.1 Å². The number of carbonyl (C=O) groups is 1. The van der Waals surface area contributed by atoms with Crippen LogP contribution in [0.3, 0.4) is 0 Å². The molecule has 0 atom stereocenters. The van der Waals surface area contributed by atoms with Crippen molar-refractivity contribution in [2.75, 3.05) is 0 Å². The van der Waals surface area contributed by atoms with E-state index in [4.69, 9.17) is 20.8 Å². The van der Waals surface area contributed by atoms with Crippen LogP contribution in [0.5, 0.6) is 5.75 Å². The first-order valence-corrected chi connectivity index (χ1v) is 8.36. The van der Waals surface area contributed by atoms with Gasteiger partial charge in [-0.1, -0.05) is 41.9 Å². The minimum absolute atomic E-state index is 0.211. The van der Waals surface area contributed by atoms with Crippen LogP contribution in [0.15, 0.2) is 70.2 Å².